The second-order valence-corrected chi connectivity index (χ2v) is 5.59. The normalized spacial score (nSPS) is 34.1. The molecule has 0 heterocycles. The minimum Gasteiger partial charge on any atom is -0.481 e. The van der Waals surface area contributed by atoms with Crippen LogP contribution in [0, 0.1) is 5.92 Å². The van der Waals surface area contributed by atoms with E-state index in [0.717, 1.165) is 0 Å². The molecule has 5 N–H and O–H groups in total. The zero-order valence-electron chi connectivity index (χ0n) is 7.59. The van der Waals surface area contributed by atoms with Gasteiger partial charge < -0.3 is 20.6 Å². The fourth-order valence-electron chi connectivity index (χ4n) is 1.87. The van der Waals surface area contributed by atoms with Gasteiger partial charge in [-0.3, -0.25) is 9.36 Å². The monoisotopic (exact) mass is 223 g/mol. The van der Waals surface area contributed by atoms with Gasteiger partial charge in [0.05, 0.1) is 5.92 Å². The van der Waals surface area contributed by atoms with Crippen molar-refractivity contribution in [1.29, 1.82) is 0 Å². The maximum atomic E-state index is 11.1. The number of aliphatic carboxylic acids is 1. The fraction of sp³-hybridized carbons (Fsp3) is 0.857. The number of nitrogens with two attached hydrogens (primary N) is 1. The van der Waals surface area contributed by atoms with Gasteiger partial charge in [-0.05, 0) is 12.8 Å². The summed E-state index contributed by atoms with van der Waals surface area (Å²) in [4.78, 5) is 28.9. The molecular weight excluding hydrogens is 209 g/mol. The van der Waals surface area contributed by atoms with Crippen LogP contribution < -0.4 is 5.73 Å². The lowest BCUT2D eigenvalue weighted by molar-refractivity contribution is -0.144. The van der Waals surface area contributed by atoms with E-state index in [2.05, 4.69) is 0 Å². The van der Waals surface area contributed by atoms with E-state index in [4.69, 9.17) is 20.6 Å². The molecule has 14 heavy (non-hydrogen) atoms. The first-order valence-corrected chi connectivity index (χ1v) is 5.97. The van der Waals surface area contributed by atoms with Gasteiger partial charge in [-0.15, -0.1) is 0 Å². The van der Waals surface area contributed by atoms with Gasteiger partial charge in [-0.2, -0.15) is 0 Å². The van der Waals surface area contributed by atoms with Crippen LogP contribution in [0.5, 0.6) is 0 Å². The molecule has 0 unspecified atom stereocenters. The number of carboxylic acids is 1. The highest BCUT2D eigenvalue weighted by molar-refractivity contribution is 7.53. The van der Waals surface area contributed by atoms with Gasteiger partial charge in [0.15, 0.2) is 0 Å². The molecule has 0 spiro atoms. The molecule has 0 bridgehead atoms. The predicted molar refractivity (Wildman–Crippen MR) is 48.6 cm³/mol. The quantitative estimate of drug-likeness (QED) is 0.492. The highest BCUT2D eigenvalue weighted by Gasteiger charge is 2.53. The van der Waals surface area contributed by atoms with Crippen molar-refractivity contribution in [3.63, 3.8) is 0 Å². The van der Waals surface area contributed by atoms with Crippen molar-refractivity contribution in [2.45, 2.75) is 31.0 Å². The summed E-state index contributed by atoms with van der Waals surface area (Å²) in [6, 6.07) is 0. The van der Waals surface area contributed by atoms with Crippen LogP contribution in [-0.2, 0) is 9.36 Å². The van der Waals surface area contributed by atoms with Gasteiger partial charge in [-0.25, -0.2) is 0 Å². The minimum atomic E-state index is -4.57. The lowest BCUT2D eigenvalue weighted by atomic mass is 9.84. The van der Waals surface area contributed by atoms with Crippen molar-refractivity contribution in [2.24, 2.45) is 11.7 Å². The Hall–Kier alpha value is -0.420. The second kappa shape index (κ2) is 3.62. The Bertz CT molecular complexity index is 288. The van der Waals surface area contributed by atoms with Crippen molar-refractivity contribution < 1.29 is 24.3 Å². The first-order valence-electron chi connectivity index (χ1n) is 4.36. The Balaban J connectivity index is 3.03. The molecule has 6 nitrogen and oxygen atoms in total. The topological polar surface area (TPSA) is 121 Å². The van der Waals surface area contributed by atoms with E-state index in [-0.39, 0.29) is 12.8 Å². The zero-order chi connectivity index (χ0) is 11.0. The summed E-state index contributed by atoms with van der Waals surface area (Å²) in [5.74, 6) is -2.37. The molecule has 2 atom stereocenters. The first-order chi connectivity index (χ1) is 6.29. The van der Waals surface area contributed by atoms with Crippen molar-refractivity contribution in [2.75, 3.05) is 0 Å². The van der Waals surface area contributed by atoms with Crippen LogP contribution in [0.25, 0.3) is 0 Å². The van der Waals surface area contributed by atoms with Crippen LogP contribution in [-0.4, -0.2) is 26.1 Å². The van der Waals surface area contributed by atoms with E-state index < -0.39 is 24.8 Å². The Morgan fingerprint density at radius 3 is 2.36 bits per heavy atom. The molecule has 0 aromatic heterocycles. The summed E-state index contributed by atoms with van der Waals surface area (Å²) >= 11 is 0. The minimum absolute atomic E-state index is 0.0637. The molecule has 1 fully saturated rings. The van der Waals surface area contributed by atoms with Gasteiger partial charge in [0.1, 0.15) is 5.28 Å². The van der Waals surface area contributed by atoms with E-state index in [0.29, 0.717) is 12.8 Å². The Labute approximate surface area is 81.3 Å². The average Bonchev–Trinajstić information content (AvgIpc) is 2.02. The van der Waals surface area contributed by atoms with Crippen LogP contribution in [0.1, 0.15) is 25.7 Å². The summed E-state index contributed by atoms with van der Waals surface area (Å²) in [6.45, 7) is 0. The molecule has 0 amide bonds. The summed E-state index contributed by atoms with van der Waals surface area (Å²) in [5, 5.41) is 6.94. The van der Waals surface area contributed by atoms with Gasteiger partial charge in [-0.1, -0.05) is 12.8 Å². The predicted octanol–water partition coefficient (Wildman–Crippen LogP) is 0.0939. The van der Waals surface area contributed by atoms with Gasteiger partial charge in [0.2, 0.25) is 0 Å². The molecule has 82 valence electrons. The van der Waals surface area contributed by atoms with E-state index in [9.17, 15) is 9.36 Å². The molecule has 0 aromatic carbocycles. The highest BCUT2D eigenvalue weighted by Crippen LogP contribution is 2.56. The highest BCUT2D eigenvalue weighted by atomic mass is 31.2. The SMILES string of the molecule is N[C@]1(P(=O)(O)O)CCCC[C@H]1C(=O)O. The molecule has 0 aromatic rings. The van der Waals surface area contributed by atoms with Gasteiger partial charge in [0, 0.05) is 0 Å². The van der Waals surface area contributed by atoms with Crippen LogP contribution in [0.4, 0.5) is 0 Å². The second-order valence-electron chi connectivity index (χ2n) is 3.67. The van der Waals surface area contributed by atoms with Gasteiger partial charge >= 0.3 is 13.6 Å². The fourth-order valence-corrected chi connectivity index (χ4v) is 2.96. The molecule has 1 aliphatic carbocycles. The number of carbonyl (C=O) groups is 1. The summed E-state index contributed by atoms with van der Waals surface area (Å²) in [7, 11) is -4.57. The third-order valence-corrected chi connectivity index (χ3v) is 4.38. The Morgan fingerprint density at radius 2 is 2.00 bits per heavy atom. The van der Waals surface area contributed by atoms with Crippen LogP contribution in [0.2, 0.25) is 0 Å². The molecular formula is C7H14NO5P. The maximum absolute atomic E-state index is 11.1. The summed E-state index contributed by atoms with van der Waals surface area (Å²) in [5.41, 5.74) is 5.54. The largest absolute Gasteiger partial charge is 0.481 e. The van der Waals surface area contributed by atoms with Gasteiger partial charge in [0.25, 0.3) is 0 Å². The first kappa shape index (κ1) is 11.7. The van der Waals surface area contributed by atoms with Crippen molar-refractivity contribution in [3.8, 4) is 0 Å². The number of hydrogen-bond donors (Lipinski definition) is 4. The molecule has 0 aliphatic heterocycles. The maximum Gasteiger partial charge on any atom is 0.346 e. The molecule has 0 radical (unpaired) electrons. The molecule has 1 saturated carbocycles. The van der Waals surface area contributed by atoms with E-state index in [1.54, 1.807) is 0 Å². The third-order valence-electron chi connectivity index (χ3n) is 2.76. The molecule has 0 saturated heterocycles. The molecule has 1 rings (SSSR count). The van der Waals surface area contributed by atoms with Crippen molar-refractivity contribution in [3.05, 3.63) is 0 Å². The number of carboxylic acid groups (broad SMARTS) is 1. The number of rotatable bonds is 2. The van der Waals surface area contributed by atoms with Crippen LogP contribution in [0.15, 0.2) is 0 Å². The van der Waals surface area contributed by atoms with Crippen molar-refractivity contribution in [1.82, 2.24) is 0 Å². The van der Waals surface area contributed by atoms with Crippen LogP contribution in [0.3, 0.4) is 0 Å². The van der Waals surface area contributed by atoms with E-state index in [1.165, 1.54) is 0 Å². The third kappa shape index (κ3) is 1.83. The lowest BCUT2D eigenvalue weighted by Crippen LogP contribution is -2.51. The molecule has 1 aliphatic rings. The standard InChI is InChI=1S/C7H14NO5P/c8-7(14(11,12)13)4-2-1-3-5(7)6(9)10/h5H,1-4,8H2,(H,9,10)(H2,11,12,13)/t5-,7-/m0/s1. The number of hydrogen-bond acceptors (Lipinski definition) is 3. The zero-order valence-corrected chi connectivity index (χ0v) is 8.48. The smallest absolute Gasteiger partial charge is 0.346 e. The summed E-state index contributed by atoms with van der Waals surface area (Å²) < 4.78 is 11.1. The summed E-state index contributed by atoms with van der Waals surface area (Å²) in [6.07, 6.45) is 1.51. The van der Waals surface area contributed by atoms with Crippen molar-refractivity contribution >= 4 is 13.6 Å². The van der Waals surface area contributed by atoms with E-state index >= 15 is 0 Å². The average molecular weight is 223 g/mol. The van der Waals surface area contributed by atoms with Crippen LogP contribution >= 0.6 is 7.60 Å². The Kier molecular flexibility index (Phi) is 3.02. The van der Waals surface area contributed by atoms with E-state index in [1.807, 2.05) is 0 Å². The lowest BCUT2D eigenvalue weighted by Gasteiger charge is -2.38. The molecule has 7 heteroatoms. The Morgan fingerprint density at radius 1 is 1.43 bits per heavy atom.